The second kappa shape index (κ2) is 4.96. The zero-order valence-electron chi connectivity index (χ0n) is 11.3. The number of rotatable bonds is 3. The molecular formula is C14H21N3O. The second-order valence-electron chi connectivity index (χ2n) is 5.36. The Kier molecular flexibility index (Phi) is 3.55. The molecule has 18 heavy (non-hydrogen) atoms. The lowest BCUT2D eigenvalue weighted by molar-refractivity contribution is 0.0652. The van der Waals surface area contributed by atoms with E-state index < -0.39 is 0 Å². The minimum Gasteiger partial charge on any atom is -0.384 e. The quantitative estimate of drug-likeness (QED) is 0.892. The van der Waals surface area contributed by atoms with Gasteiger partial charge in [0.25, 0.3) is 5.91 Å². The van der Waals surface area contributed by atoms with Gasteiger partial charge in [0.05, 0.1) is 0 Å². The number of nitrogen functional groups attached to an aromatic ring is 1. The number of aromatic nitrogens is 1. The van der Waals surface area contributed by atoms with Crippen LogP contribution in [0.2, 0.25) is 0 Å². The van der Waals surface area contributed by atoms with Crippen molar-refractivity contribution in [3.05, 3.63) is 23.4 Å². The van der Waals surface area contributed by atoms with Crippen LogP contribution in [0.4, 0.5) is 5.82 Å². The van der Waals surface area contributed by atoms with E-state index in [1.807, 2.05) is 31.9 Å². The largest absolute Gasteiger partial charge is 0.384 e. The molecular weight excluding hydrogens is 226 g/mol. The van der Waals surface area contributed by atoms with Gasteiger partial charge in [0.2, 0.25) is 0 Å². The van der Waals surface area contributed by atoms with Gasteiger partial charge >= 0.3 is 0 Å². The molecule has 1 aliphatic rings. The van der Waals surface area contributed by atoms with Crippen molar-refractivity contribution in [1.29, 1.82) is 0 Å². The van der Waals surface area contributed by atoms with E-state index in [1.54, 1.807) is 6.07 Å². The number of carbonyl (C=O) groups excluding carboxylic acids is 1. The first-order valence-electron chi connectivity index (χ1n) is 6.53. The van der Waals surface area contributed by atoms with E-state index in [2.05, 4.69) is 4.98 Å². The Labute approximate surface area is 108 Å². The smallest absolute Gasteiger partial charge is 0.254 e. The van der Waals surface area contributed by atoms with Gasteiger partial charge in [0.1, 0.15) is 5.82 Å². The number of hydrogen-bond donors (Lipinski definition) is 1. The summed E-state index contributed by atoms with van der Waals surface area (Å²) >= 11 is 0. The van der Waals surface area contributed by atoms with Crippen LogP contribution in [0.3, 0.4) is 0 Å². The summed E-state index contributed by atoms with van der Waals surface area (Å²) in [5, 5.41) is 0. The molecule has 0 spiro atoms. The van der Waals surface area contributed by atoms with Gasteiger partial charge in [-0.1, -0.05) is 13.8 Å². The maximum Gasteiger partial charge on any atom is 0.254 e. The fourth-order valence-corrected chi connectivity index (χ4v) is 2.14. The van der Waals surface area contributed by atoms with Crippen LogP contribution < -0.4 is 5.73 Å². The van der Waals surface area contributed by atoms with Crippen LogP contribution in [0.15, 0.2) is 12.1 Å². The van der Waals surface area contributed by atoms with Crippen LogP contribution in [0, 0.1) is 0 Å². The number of hydrogen-bond acceptors (Lipinski definition) is 3. The lowest BCUT2D eigenvalue weighted by Crippen LogP contribution is -2.41. The van der Waals surface area contributed by atoms with E-state index in [0.29, 0.717) is 17.4 Å². The van der Waals surface area contributed by atoms with E-state index in [4.69, 9.17) is 5.73 Å². The first-order chi connectivity index (χ1) is 8.49. The van der Waals surface area contributed by atoms with Gasteiger partial charge in [-0.2, -0.15) is 0 Å². The number of pyridine rings is 1. The summed E-state index contributed by atoms with van der Waals surface area (Å²) in [5.41, 5.74) is 7.30. The van der Waals surface area contributed by atoms with Gasteiger partial charge in [-0.15, -0.1) is 0 Å². The Balaban J connectivity index is 2.23. The molecule has 0 bridgehead atoms. The van der Waals surface area contributed by atoms with Crippen molar-refractivity contribution in [3.8, 4) is 0 Å². The van der Waals surface area contributed by atoms with E-state index in [9.17, 15) is 4.79 Å². The molecule has 98 valence electrons. The summed E-state index contributed by atoms with van der Waals surface area (Å²) in [6.07, 6.45) is 3.44. The Morgan fingerprint density at radius 1 is 1.44 bits per heavy atom. The molecule has 1 aromatic rings. The molecule has 2 rings (SSSR count). The van der Waals surface area contributed by atoms with E-state index in [-0.39, 0.29) is 11.8 Å². The fourth-order valence-electron chi connectivity index (χ4n) is 2.14. The summed E-state index contributed by atoms with van der Waals surface area (Å²) in [7, 11) is 1.87. The molecule has 0 unspecified atom stereocenters. The molecule has 0 aliphatic heterocycles. The third-order valence-corrected chi connectivity index (χ3v) is 3.65. The van der Waals surface area contributed by atoms with Gasteiger partial charge in [-0.05, 0) is 37.3 Å². The van der Waals surface area contributed by atoms with Gasteiger partial charge < -0.3 is 10.6 Å². The van der Waals surface area contributed by atoms with Crippen LogP contribution >= 0.6 is 0 Å². The predicted octanol–water partition coefficient (Wildman–Crippen LogP) is 2.41. The van der Waals surface area contributed by atoms with Crippen molar-refractivity contribution in [2.45, 2.75) is 45.1 Å². The van der Waals surface area contributed by atoms with E-state index in [0.717, 1.165) is 18.5 Å². The molecule has 1 aliphatic carbocycles. The molecule has 1 amide bonds. The summed E-state index contributed by atoms with van der Waals surface area (Å²) in [6, 6.07) is 3.93. The highest BCUT2D eigenvalue weighted by Crippen LogP contribution is 2.25. The zero-order valence-corrected chi connectivity index (χ0v) is 11.3. The number of anilines is 1. The molecule has 1 saturated carbocycles. The van der Waals surface area contributed by atoms with E-state index >= 15 is 0 Å². The monoisotopic (exact) mass is 247 g/mol. The molecule has 0 saturated heterocycles. The summed E-state index contributed by atoms with van der Waals surface area (Å²) in [4.78, 5) is 18.4. The van der Waals surface area contributed by atoms with Crippen molar-refractivity contribution < 1.29 is 4.79 Å². The normalized spacial score (nSPS) is 15.6. The maximum atomic E-state index is 12.3. The summed E-state index contributed by atoms with van der Waals surface area (Å²) in [5.74, 6) is 0.747. The van der Waals surface area contributed by atoms with Crippen LogP contribution in [0.1, 0.15) is 55.1 Å². The average Bonchev–Trinajstić information content (AvgIpc) is 2.24. The standard InChI is InChI=1S/C14H21N3O/c1-9(2)12-7-10(8-13(15)16-12)14(18)17(3)11-5-4-6-11/h7-9,11H,4-6H2,1-3H3,(H2,15,16). The van der Waals surface area contributed by atoms with Crippen LogP contribution in [0.5, 0.6) is 0 Å². The molecule has 1 aromatic heterocycles. The third-order valence-electron chi connectivity index (χ3n) is 3.65. The maximum absolute atomic E-state index is 12.3. The van der Waals surface area contributed by atoms with Gasteiger partial charge in [0.15, 0.2) is 0 Å². The molecule has 1 fully saturated rings. The SMILES string of the molecule is CC(C)c1cc(C(=O)N(C)C2CCC2)cc(N)n1. The topological polar surface area (TPSA) is 59.2 Å². The van der Waals surface area contributed by atoms with Gasteiger partial charge in [-0.3, -0.25) is 4.79 Å². The molecule has 0 radical (unpaired) electrons. The first kappa shape index (κ1) is 12.9. The predicted molar refractivity (Wildman–Crippen MR) is 72.5 cm³/mol. The highest BCUT2D eigenvalue weighted by atomic mass is 16.2. The molecule has 0 atom stereocenters. The van der Waals surface area contributed by atoms with Crippen molar-refractivity contribution in [2.24, 2.45) is 0 Å². The van der Waals surface area contributed by atoms with Gasteiger partial charge in [0, 0.05) is 24.3 Å². The molecule has 4 heteroatoms. The zero-order chi connectivity index (χ0) is 13.3. The highest BCUT2D eigenvalue weighted by molar-refractivity contribution is 5.95. The number of nitrogens with zero attached hydrogens (tertiary/aromatic N) is 2. The number of carbonyl (C=O) groups is 1. The number of nitrogens with two attached hydrogens (primary N) is 1. The van der Waals surface area contributed by atoms with Crippen LogP contribution in [-0.2, 0) is 0 Å². The first-order valence-corrected chi connectivity index (χ1v) is 6.53. The Morgan fingerprint density at radius 3 is 2.61 bits per heavy atom. The summed E-state index contributed by atoms with van der Waals surface area (Å²) in [6.45, 7) is 4.09. The van der Waals surface area contributed by atoms with Crippen molar-refractivity contribution >= 4 is 11.7 Å². The molecule has 4 nitrogen and oxygen atoms in total. The van der Waals surface area contributed by atoms with Crippen molar-refractivity contribution in [3.63, 3.8) is 0 Å². The molecule has 2 N–H and O–H groups in total. The lowest BCUT2D eigenvalue weighted by atomic mass is 9.91. The van der Waals surface area contributed by atoms with Gasteiger partial charge in [-0.25, -0.2) is 4.98 Å². The molecule has 0 aromatic carbocycles. The van der Waals surface area contributed by atoms with Crippen molar-refractivity contribution in [1.82, 2.24) is 9.88 Å². The highest BCUT2D eigenvalue weighted by Gasteiger charge is 2.26. The third kappa shape index (κ3) is 2.47. The Morgan fingerprint density at radius 2 is 2.11 bits per heavy atom. The second-order valence-corrected chi connectivity index (χ2v) is 5.36. The Bertz CT molecular complexity index is 452. The Hall–Kier alpha value is -1.58. The fraction of sp³-hybridized carbons (Fsp3) is 0.571. The van der Waals surface area contributed by atoms with E-state index in [1.165, 1.54) is 6.42 Å². The van der Waals surface area contributed by atoms with Crippen LogP contribution in [-0.4, -0.2) is 28.9 Å². The minimum atomic E-state index is 0.0516. The average molecular weight is 247 g/mol. The lowest BCUT2D eigenvalue weighted by Gasteiger charge is -2.34. The minimum absolute atomic E-state index is 0.0516. The molecule has 1 heterocycles. The van der Waals surface area contributed by atoms with Crippen LogP contribution in [0.25, 0.3) is 0 Å². The number of amides is 1. The van der Waals surface area contributed by atoms with Crippen molar-refractivity contribution in [2.75, 3.05) is 12.8 Å². The summed E-state index contributed by atoms with van der Waals surface area (Å²) < 4.78 is 0.